The maximum absolute atomic E-state index is 12.2. The maximum Gasteiger partial charge on any atom is 0.140 e. The van der Waals surface area contributed by atoms with E-state index in [2.05, 4.69) is 38.1 Å². The highest BCUT2D eigenvalue weighted by Gasteiger charge is 2.36. The van der Waals surface area contributed by atoms with E-state index in [4.69, 9.17) is 0 Å². The van der Waals surface area contributed by atoms with Crippen LogP contribution in [0.2, 0.25) is 0 Å². The molecule has 0 spiro atoms. The predicted molar refractivity (Wildman–Crippen MR) is 175 cm³/mol. The number of aliphatic hydroxyl groups is 2. The number of rotatable bonds is 8. The first-order valence-corrected chi connectivity index (χ1v) is 14.7. The monoisotopic (exact) mass is 560 g/mol. The van der Waals surface area contributed by atoms with Crippen LogP contribution in [0.5, 0.6) is 0 Å². The fourth-order valence-corrected chi connectivity index (χ4v) is 6.14. The highest BCUT2D eigenvalue weighted by atomic mass is 16.3. The summed E-state index contributed by atoms with van der Waals surface area (Å²) < 4.78 is 0. The zero-order chi connectivity index (χ0) is 29.9. The topological polar surface area (TPSA) is 40.5 Å². The zero-order valence-electron chi connectivity index (χ0n) is 24.6. The van der Waals surface area contributed by atoms with Crippen molar-refractivity contribution >= 4 is 0 Å². The third kappa shape index (κ3) is 5.10. The van der Waals surface area contributed by atoms with Crippen LogP contribution in [0.3, 0.4) is 0 Å². The fraction of sp³-hybridized carbons (Fsp3) is 0.122. The summed E-state index contributed by atoms with van der Waals surface area (Å²) >= 11 is 0. The molecule has 212 valence electrons. The molecule has 0 aliphatic rings. The van der Waals surface area contributed by atoms with E-state index in [0.29, 0.717) is 0 Å². The Morgan fingerprint density at radius 2 is 0.465 bits per heavy atom. The molecule has 43 heavy (non-hydrogen) atoms. The van der Waals surface area contributed by atoms with E-state index >= 15 is 0 Å². The first-order chi connectivity index (χ1) is 20.8. The van der Waals surface area contributed by atoms with Crippen molar-refractivity contribution in [2.75, 3.05) is 0 Å². The van der Waals surface area contributed by atoms with Crippen LogP contribution in [0, 0.1) is 0 Å². The molecule has 6 aromatic rings. The van der Waals surface area contributed by atoms with E-state index in [0.717, 1.165) is 44.5 Å². The molecule has 2 heteroatoms. The Kier molecular flexibility index (Phi) is 7.58. The predicted octanol–water partition coefficient (Wildman–Crippen LogP) is 8.58. The first kappa shape index (κ1) is 28.4. The Balaban J connectivity index is 1.35. The average molecular weight is 561 g/mol. The third-order valence-corrected chi connectivity index (χ3v) is 8.81. The molecule has 0 aliphatic carbocycles. The first-order valence-electron chi connectivity index (χ1n) is 14.7. The van der Waals surface area contributed by atoms with E-state index in [1.54, 1.807) is 0 Å². The summed E-state index contributed by atoms with van der Waals surface area (Å²) in [5.41, 5.74) is 4.35. The second-order valence-corrected chi connectivity index (χ2v) is 11.7. The molecular formula is C41H36O2. The van der Waals surface area contributed by atoms with Gasteiger partial charge in [-0.05, 0) is 44.5 Å². The summed E-state index contributed by atoms with van der Waals surface area (Å²) in [5, 5.41) is 24.4. The Morgan fingerprint density at radius 3 is 0.698 bits per heavy atom. The Hall–Kier alpha value is -4.76. The number of hydrogen-bond donors (Lipinski definition) is 2. The van der Waals surface area contributed by atoms with Gasteiger partial charge in [-0.25, -0.2) is 0 Å². The van der Waals surface area contributed by atoms with E-state index in [9.17, 15) is 10.2 Å². The van der Waals surface area contributed by atoms with Crippen LogP contribution in [-0.4, -0.2) is 10.2 Å². The molecule has 0 unspecified atom stereocenters. The molecule has 0 fully saturated rings. The standard InChI is InChI=1S/C41H36O2/c1-39(2,31-23-27-37(28-24-31)40(42,33-15-7-3-8-16-33)34-17-9-4-10-18-34)32-25-29-38(30-26-32)41(43,35-19-11-5-12-20-35)36-21-13-6-14-22-36/h3-30,42-43H,1-2H3. The molecule has 6 aromatic carbocycles. The molecule has 0 atom stereocenters. The zero-order valence-corrected chi connectivity index (χ0v) is 24.6. The van der Waals surface area contributed by atoms with E-state index in [1.807, 2.05) is 146 Å². The van der Waals surface area contributed by atoms with Crippen molar-refractivity contribution in [2.45, 2.75) is 30.5 Å². The van der Waals surface area contributed by atoms with Crippen molar-refractivity contribution in [3.05, 3.63) is 214 Å². The molecule has 0 heterocycles. The summed E-state index contributed by atoms with van der Waals surface area (Å²) in [4.78, 5) is 0. The van der Waals surface area contributed by atoms with Crippen LogP contribution in [-0.2, 0) is 16.6 Å². The molecule has 2 N–H and O–H groups in total. The molecule has 2 nitrogen and oxygen atoms in total. The number of hydrogen-bond acceptors (Lipinski definition) is 2. The number of benzene rings is 6. The second kappa shape index (κ2) is 11.5. The van der Waals surface area contributed by atoms with Crippen molar-refractivity contribution < 1.29 is 10.2 Å². The highest BCUT2D eigenvalue weighted by molar-refractivity contribution is 5.51. The summed E-state index contributed by atoms with van der Waals surface area (Å²) in [6.45, 7) is 4.41. The Labute approximate surface area is 254 Å². The third-order valence-electron chi connectivity index (χ3n) is 8.81. The second-order valence-electron chi connectivity index (χ2n) is 11.7. The lowest BCUT2D eigenvalue weighted by atomic mass is 9.74. The molecule has 0 saturated heterocycles. The molecule has 0 amide bonds. The molecule has 6 rings (SSSR count). The van der Waals surface area contributed by atoms with Crippen LogP contribution in [0.1, 0.15) is 58.4 Å². The van der Waals surface area contributed by atoms with Crippen molar-refractivity contribution in [1.29, 1.82) is 0 Å². The molecule has 0 aromatic heterocycles. The Morgan fingerprint density at radius 1 is 0.279 bits per heavy atom. The van der Waals surface area contributed by atoms with Crippen LogP contribution in [0.15, 0.2) is 170 Å². The van der Waals surface area contributed by atoms with E-state index in [-0.39, 0.29) is 5.41 Å². The molecule has 0 bridgehead atoms. The summed E-state index contributed by atoms with van der Waals surface area (Å²) in [6, 6.07) is 55.9. The van der Waals surface area contributed by atoms with Crippen molar-refractivity contribution in [1.82, 2.24) is 0 Å². The van der Waals surface area contributed by atoms with Gasteiger partial charge >= 0.3 is 0 Å². The largest absolute Gasteiger partial charge is 0.376 e. The smallest absolute Gasteiger partial charge is 0.140 e. The average Bonchev–Trinajstić information content (AvgIpc) is 3.09. The van der Waals surface area contributed by atoms with Gasteiger partial charge in [-0.15, -0.1) is 0 Å². The molecule has 0 radical (unpaired) electrons. The van der Waals surface area contributed by atoms with Crippen LogP contribution < -0.4 is 0 Å². The van der Waals surface area contributed by atoms with Gasteiger partial charge < -0.3 is 10.2 Å². The molecule has 0 saturated carbocycles. The van der Waals surface area contributed by atoms with E-state index < -0.39 is 11.2 Å². The van der Waals surface area contributed by atoms with Crippen molar-refractivity contribution in [3.63, 3.8) is 0 Å². The SMILES string of the molecule is CC(C)(c1ccc(C(O)(c2ccccc2)c2ccccc2)cc1)c1ccc(C(O)(c2ccccc2)c2ccccc2)cc1. The van der Waals surface area contributed by atoms with E-state index in [1.165, 1.54) is 0 Å². The van der Waals surface area contributed by atoms with Gasteiger partial charge in [0.15, 0.2) is 0 Å². The molecule has 0 aliphatic heterocycles. The summed E-state index contributed by atoms with van der Waals surface area (Å²) in [7, 11) is 0. The van der Waals surface area contributed by atoms with Crippen LogP contribution in [0.25, 0.3) is 0 Å². The van der Waals surface area contributed by atoms with Gasteiger partial charge in [0.1, 0.15) is 11.2 Å². The van der Waals surface area contributed by atoms with Crippen molar-refractivity contribution in [2.24, 2.45) is 0 Å². The summed E-state index contributed by atoms with van der Waals surface area (Å²) in [5.74, 6) is 0. The normalized spacial score (nSPS) is 12.2. The van der Waals surface area contributed by atoms with Gasteiger partial charge in [-0.2, -0.15) is 0 Å². The minimum atomic E-state index is -1.27. The lowest BCUT2D eigenvalue weighted by molar-refractivity contribution is 0.125. The van der Waals surface area contributed by atoms with Gasteiger partial charge in [0.05, 0.1) is 0 Å². The lowest BCUT2D eigenvalue weighted by Crippen LogP contribution is -2.29. The summed E-state index contributed by atoms with van der Waals surface area (Å²) in [6.07, 6.45) is 0. The van der Waals surface area contributed by atoms with Gasteiger partial charge in [0.25, 0.3) is 0 Å². The van der Waals surface area contributed by atoms with Crippen molar-refractivity contribution in [3.8, 4) is 0 Å². The fourth-order valence-electron chi connectivity index (χ4n) is 6.14. The van der Waals surface area contributed by atoms with Gasteiger partial charge in [-0.3, -0.25) is 0 Å². The quantitative estimate of drug-likeness (QED) is 0.183. The lowest BCUT2D eigenvalue weighted by Gasteiger charge is -2.33. The molecular weight excluding hydrogens is 524 g/mol. The highest BCUT2D eigenvalue weighted by Crippen LogP contribution is 2.40. The van der Waals surface area contributed by atoms with Gasteiger partial charge in [0, 0.05) is 5.41 Å². The minimum Gasteiger partial charge on any atom is -0.376 e. The van der Waals surface area contributed by atoms with Gasteiger partial charge in [-0.1, -0.05) is 184 Å². The minimum absolute atomic E-state index is 0.313. The van der Waals surface area contributed by atoms with Crippen LogP contribution >= 0.6 is 0 Å². The van der Waals surface area contributed by atoms with Crippen LogP contribution in [0.4, 0.5) is 0 Å². The van der Waals surface area contributed by atoms with Gasteiger partial charge in [0.2, 0.25) is 0 Å². The Bertz CT molecular complexity index is 1550. The maximum atomic E-state index is 12.2.